The molecule has 1 N–H and O–H groups in total. The van der Waals surface area contributed by atoms with Crippen molar-refractivity contribution in [3.8, 4) is 0 Å². The van der Waals surface area contributed by atoms with Gasteiger partial charge in [0.15, 0.2) is 0 Å². The second-order valence-corrected chi connectivity index (χ2v) is 5.14. The highest BCUT2D eigenvalue weighted by Crippen LogP contribution is 2.33. The van der Waals surface area contributed by atoms with Gasteiger partial charge in [0.25, 0.3) is 0 Å². The van der Waals surface area contributed by atoms with Crippen LogP contribution < -0.4 is 4.90 Å². The fourth-order valence-corrected chi connectivity index (χ4v) is 2.26. The summed E-state index contributed by atoms with van der Waals surface area (Å²) in [6.45, 7) is 0.616. The summed E-state index contributed by atoms with van der Waals surface area (Å²) >= 11 is 5.98. The highest BCUT2D eigenvalue weighted by Gasteiger charge is 2.30. The molecule has 0 aliphatic heterocycles. The molecular weight excluding hydrogens is 264 g/mol. The maximum atomic E-state index is 9.29. The molecule has 5 heteroatoms. The molecule has 4 nitrogen and oxygen atoms in total. The van der Waals surface area contributed by atoms with E-state index in [1.807, 2.05) is 18.2 Å². The van der Waals surface area contributed by atoms with E-state index in [0.717, 1.165) is 11.6 Å². The molecule has 2 aromatic heterocycles. The zero-order valence-corrected chi connectivity index (χ0v) is 11.2. The molecule has 1 aliphatic carbocycles. The number of halogens is 1. The van der Waals surface area contributed by atoms with Gasteiger partial charge in [-0.2, -0.15) is 0 Å². The first kappa shape index (κ1) is 12.5. The minimum absolute atomic E-state index is 0.0758. The van der Waals surface area contributed by atoms with Gasteiger partial charge in [-0.25, -0.2) is 4.98 Å². The smallest absolute Gasteiger partial charge is 0.129 e. The van der Waals surface area contributed by atoms with E-state index in [0.29, 0.717) is 23.2 Å². The Kier molecular flexibility index (Phi) is 3.44. The van der Waals surface area contributed by atoms with E-state index in [9.17, 15) is 5.11 Å². The van der Waals surface area contributed by atoms with Crippen molar-refractivity contribution in [3.05, 3.63) is 47.0 Å². The van der Waals surface area contributed by atoms with Crippen molar-refractivity contribution in [3.63, 3.8) is 0 Å². The lowest BCUT2D eigenvalue weighted by atomic mass is 10.2. The standard InChI is InChI=1S/C14H15ClN2O2/c15-13-7-16-14(6-10(13)9-18)17(11-3-4-11)8-12-2-1-5-19-12/h1-2,5-7,11,18H,3-4,8-9H2. The number of aliphatic hydroxyl groups excluding tert-OH is 1. The van der Waals surface area contributed by atoms with Crippen molar-refractivity contribution in [2.24, 2.45) is 0 Å². The number of nitrogens with zero attached hydrogens (tertiary/aromatic N) is 2. The third-order valence-electron chi connectivity index (χ3n) is 3.28. The average molecular weight is 279 g/mol. The molecule has 0 unspecified atom stereocenters. The van der Waals surface area contributed by atoms with E-state index >= 15 is 0 Å². The third kappa shape index (κ3) is 2.74. The summed E-state index contributed by atoms with van der Waals surface area (Å²) in [5.74, 6) is 1.75. The first-order valence-electron chi connectivity index (χ1n) is 6.32. The van der Waals surface area contributed by atoms with Crippen LogP contribution in [0.1, 0.15) is 24.2 Å². The summed E-state index contributed by atoms with van der Waals surface area (Å²) < 4.78 is 5.40. The van der Waals surface area contributed by atoms with Crippen molar-refractivity contribution in [1.29, 1.82) is 0 Å². The van der Waals surface area contributed by atoms with Gasteiger partial charge in [-0.05, 0) is 31.0 Å². The number of pyridine rings is 1. The Morgan fingerprint density at radius 2 is 2.32 bits per heavy atom. The van der Waals surface area contributed by atoms with Crippen molar-refractivity contribution in [2.45, 2.75) is 32.0 Å². The number of hydrogen-bond acceptors (Lipinski definition) is 4. The highest BCUT2D eigenvalue weighted by molar-refractivity contribution is 6.31. The number of furan rings is 1. The van der Waals surface area contributed by atoms with Crippen LogP contribution in [-0.4, -0.2) is 16.1 Å². The van der Waals surface area contributed by atoms with Crippen molar-refractivity contribution in [1.82, 2.24) is 4.98 Å². The first-order valence-corrected chi connectivity index (χ1v) is 6.70. The normalized spacial score (nSPS) is 14.6. The molecule has 2 aromatic rings. The Hall–Kier alpha value is -1.52. The Morgan fingerprint density at radius 3 is 2.95 bits per heavy atom. The summed E-state index contributed by atoms with van der Waals surface area (Å²) in [6, 6.07) is 6.20. The van der Waals surface area contributed by atoms with Crippen LogP contribution in [0, 0.1) is 0 Å². The van der Waals surface area contributed by atoms with Gasteiger partial charge < -0.3 is 14.4 Å². The topological polar surface area (TPSA) is 49.5 Å². The van der Waals surface area contributed by atoms with Gasteiger partial charge in [-0.1, -0.05) is 11.6 Å². The van der Waals surface area contributed by atoms with E-state index in [1.165, 1.54) is 12.8 Å². The van der Waals surface area contributed by atoms with E-state index in [2.05, 4.69) is 9.88 Å². The molecule has 0 spiro atoms. The van der Waals surface area contributed by atoms with Gasteiger partial charge in [0.05, 0.1) is 24.4 Å². The van der Waals surface area contributed by atoms with E-state index < -0.39 is 0 Å². The number of aromatic nitrogens is 1. The van der Waals surface area contributed by atoms with Gasteiger partial charge >= 0.3 is 0 Å². The van der Waals surface area contributed by atoms with Gasteiger partial charge in [-0.15, -0.1) is 0 Å². The van der Waals surface area contributed by atoms with Crippen LogP contribution >= 0.6 is 11.6 Å². The lowest BCUT2D eigenvalue weighted by Crippen LogP contribution is -2.25. The summed E-state index contributed by atoms with van der Waals surface area (Å²) in [7, 11) is 0. The monoisotopic (exact) mass is 278 g/mol. The quantitative estimate of drug-likeness (QED) is 0.913. The van der Waals surface area contributed by atoms with Crippen LogP contribution in [0.3, 0.4) is 0 Å². The predicted molar refractivity (Wildman–Crippen MR) is 73.1 cm³/mol. The summed E-state index contributed by atoms with van der Waals surface area (Å²) in [5, 5.41) is 9.79. The fraction of sp³-hybridized carbons (Fsp3) is 0.357. The average Bonchev–Trinajstić information content (AvgIpc) is 3.14. The molecule has 1 saturated carbocycles. The Bertz CT molecular complexity index is 553. The first-order chi connectivity index (χ1) is 9.28. The van der Waals surface area contributed by atoms with Crippen LogP contribution in [0.4, 0.5) is 5.82 Å². The molecule has 0 aromatic carbocycles. The molecule has 1 aliphatic rings. The lowest BCUT2D eigenvalue weighted by molar-refractivity contribution is 0.282. The van der Waals surface area contributed by atoms with Gasteiger partial charge in [0.2, 0.25) is 0 Å². The molecule has 0 radical (unpaired) electrons. The summed E-state index contributed by atoms with van der Waals surface area (Å²) in [4.78, 5) is 6.57. The molecule has 0 atom stereocenters. The van der Waals surface area contributed by atoms with Crippen molar-refractivity contribution < 1.29 is 9.52 Å². The Morgan fingerprint density at radius 1 is 1.47 bits per heavy atom. The van der Waals surface area contributed by atoms with E-state index in [-0.39, 0.29) is 6.61 Å². The maximum Gasteiger partial charge on any atom is 0.129 e. The molecule has 3 rings (SSSR count). The van der Waals surface area contributed by atoms with Crippen LogP contribution in [0.2, 0.25) is 5.02 Å². The number of aliphatic hydroxyl groups is 1. The molecule has 100 valence electrons. The van der Waals surface area contributed by atoms with Gasteiger partial charge in [0, 0.05) is 17.8 Å². The van der Waals surface area contributed by atoms with E-state index in [4.69, 9.17) is 16.0 Å². The van der Waals surface area contributed by atoms with Crippen LogP contribution in [0.5, 0.6) is 0 Å². The summed E-state index contributed by atoms with van der Waals surface area (Å²) in [6.07, 6.45) is 5.60. The van der Waals surface area contributed by atoms with E-state index in [1.54, 1.807) is 12.5 Å². The van der Waals surface area contributed by atoms with Gasteiger partial charge in [0.1, 0.15) is 11.6 Å². The number of hydrogen-bond donors (Lipinski definition) is 1. The van der Waals surface area contributed by atoms with Crippen molar-refractivity contribution >= 4 is 17.4 Å². The predicted octanol–water partition coefficient (Wildman–Crippen LogP) is 2.99. The zero-order valence-electron chi connectivity index (χ0n) is 10.4. The molecule has 0 saturated heterocycles. The van der Waals surface area contributed by atoms with Gasteiger partial charge in [-0.3, -0.25) is 0 Å². The maximum absolute atomic E-state index is 9.29. The van der Waals surface area contributed by atoms with Crippen LogP contribution in [-0.2, 0) is 13.2 Å². The fourth-order valence-electron chi connectivity index (χ4n) is 2.10. The molecule has 19 heavy (non-hydrogen) atoms. The third-order valence-corrected chi connectivity index (χ3v) is 3.62. The second-order valence-electron chi connectivity index (χ2n) is 4.73. The molecule has 1 fully saturated rings. The SMILES string of the molecule is OCc1cc(N(Cc2ccco2)C2CC2)ncc1Cl. The molecular formula is C14H15ClN2O2. The number of rotatable bonds is 5. The Balaban J connectivity index is 1.87. The van der Waals surface area contributed by atoms with Crippen molar-refractivity contribution in [2.75, 3.05) is 4.90 Å². The second kappa shape index (κ2) is 5.23. The zero-order chi connectivity index (χ0) is 13.2. The van der Waals surface area contributed by atoms with Crippen LogP contribution in [0.15, 0.2) is 35.1 Å². The largest absolute Gasteiger partial charge is 0.467 e. The highest BCUT2D eigenvalue weighted by atomic mass is 35.5. The Labute approximate surface area is 116 Å². The lowest BCUT2D eigenvalue weighted by Gasteiger charge is -2.23. The minimum Gasteiger partial charge on any atom is -0.467 e. The molecule has 2 heterocycles. The molecule has 0 amide bonds. The number of anilines is 1. The van der Waals surface area contributed by atoms with Crippen LogP contribution in [0.25, 0.3) is 0 Å². The minimum atomic E-state index is -0.0758. The molecule has 0 bridgehead atoms. The summed E-state index contributed by atoms with van der Waals surface area (Å²) in [5.41, 5.74) is 0.705.